The number of benzene rings is 2. The molecule has 3 rings (SSSR count). The number of carbonyl (C=O) groups is 2. The van der Waals surface area contributed by atoms with Gasteiger partial charge in [-0.25, -0.2) is 5.01 Å². The lowest BCUT2D eigenvalue weighted by Gasteiger charge is -2.14. The SMILES string of the molecule is O=C1NN(c2ccc(Cl)cc2)C(=O)C1=Cc1ccccc1. The molecule has 2 aromatic carbocycles. The molecule has 1 saturated heterocycles. The van der Waals surface area contributed by atoms with Gasteiger partial charge in [0, 0.05) is 5.02 Å². The molecular formula is C16H11ClN2O2. The number of amides is 2. The van der Waals surface area contributed by atoms with E-state index in [0.29, 0.717) is 10.7 Å². The molecule has 1 fully saturated rings. The molecule has 0 spiro atoms. The second-order valence-corrected chi connectivity index (χ2v) is 4.96. The molecule has 5 heteroatoms. The van der Waals surface area contributed by atoms with E-state index in [1.54, 1.807) is 30.3 Å². The highest BCUT2D eigenvalue weighted by Crippen LogP contribution is 2.22. The minimum atomic E-state index is -0.418. The lowest BCUT2D eigenvalue weighted by Crippen LogP contribution is -2.35. The summed E-state index contributed by atoms with van der Waals surface area (Å²) in [6, 6.07) is 15.9. The van der Waals surface area contributed by atoms with Crippen molar-refractivity contribution in [3.63, 3.8) is 0 Å². The minimum absolute atomic E-state index is 0.108. The van der Waals surface area contributed by atoms with Crippen LogP contribution in [0.1, 0.15) is 5.56 Å². The van der Waals surface area contributed by atoms with Crippen LogP contribution in [0, 0.1) is 0 Å². The molecule has 21 heavy (non-hydrogen) atoms. The van der Waals surface area contributed by atoms with Crippen molar-refractivity contribution in [2.45, 2.75) is 0 Å². The highest BCUT2D eigenvalue weighted by molar-refractivity contribution is 6.32. The predicted octanol–water partition coefficient (Wildman–Crippen LogP) is 2.80. The number of nitrogens with zero attached hydrogens (tertiary/aromatic N) is 1. The van der Waals surface area contributed by atoms with E-state index < -0.39 is 5.91 Å². The third-order valence-electron chi connectivity index (χ3n) is 3.09. The Hall–Kier alpha value is -2.59. The Labute approximate surface area is 126 Å². The maximum atomic E-state index is 12.3. The van der Waals surface area contributed by atoms with E-state index in [9.17, 15) is 9.59 Å². The summed E-state index contributed by atoms with van der Waals surface area (Å²) >= 11 is 5.82. The van der Waals surface area contributed by atoms with E-state index in [0.717, 1.165) is 5.56 Å². The fourth-order valence-electron chi connectivity index (χ4n) is 2.05. The molecule has 1 N–H and O–H groups in total. The highest BCUT2D eigenvalue weighted by atomic mass is 35.5. The van der Waals surface area contributed by atoms with Gasteiger partial charge in [-0.15, -0.1) is 0 Å². The second-order valence-electron chi connectivity index (χ2n) is 4.53. The van der Waals surface area contributed by atoms with Gasteiger partial charge < -0.3 is 0 Å². The fraction of sp³-hybridized carbons (Fsp3) is 0. The summed E-state index contributed by atoms with van der Waals surface area (Å²) in [4.78, 5) is 24.3. The first kappa shape index (κ1) is 13.4. The van der Waals surface area contributed by atoms with Crippen molar-refractivity contribution < 1.29 is 9.59 Å². The number of carbonyl (C=O) groups excluding carboxylic acids is 2. The van der Waals surface area contributed by atoms with Crippen molar-refractivity contribution in [2.75, 3.05) is 5.01 Å². The zero-order chi connectivity index (χ0) is 14.8. The van der Waals surface area contributed by atoms with Crippen LogP contribution in [0.3, 0.4) is 0 Å². The second kappa shape index (κ2) is 5.42. The van der Waals surface area contributed by atoms with Crippen molar-refractivity contribution in [2.24, 2.45) is 0 Å². The van der Waals surface area contributed by atoms with Gasteiger partial charge in [-0.1, -0.05) is 41.9 Å². The number of hydrogen-bond acceptors (Lipinski definition) is 2. The van der Waals surface area contributed by atoms with Gasteiger partial charge in [-0.05, 0) is 35.9 Å². The minimum Gasteiger partial charge on any atom is -0.267 e. The molecule has 1 aliphatic heterocycles. The summed E-state index contributed by atoms with van der Waals surface area (Å²) < 4.78 is 0. The normalized spacial score (nSPS) is 16.4. The zero-order valence-corrected chi connectivity index (χ0v) is 11.7. The lowest BCUT2D eigenvalue weighted by atomic mass is 10.1. The van der Waals surface area contributed by atoms with Gasteiger partial charge in [0.1, 0.15) is 5.57 Å². The standard InChI is InChI=1S/C16H11ClN2O2/c17-12-6-8-13(9-7-12)19-16(21)14(15(20)18-19)10-11-4-2-1-3-5-11/h1-10H,(H,18,20). The molecule has 104 valence electrons. The average molecular weight is 299 g/mol. The molecule has 0 atom stereocenters. The maximum absolute atomic E-state index is 12.3. The van der Waals surface area contributed by atoms with E-state index in [-0.39, 0.29) is 11.5 Å². The van der Waals surface area contributed by atoms with Crippen molar-refractivity contribution >= 4 is 35.2 Å². The van der Waals surface area contributed by atoms with Crippen LogP contribution in [0.15, 0.2) is 60.2 Å². The van der Waals surface area contributed by atoms with Crippen molar-refractivity contribution in [3.05, 3.63) is 70.8 Å². The molecule has 0 bridgehead atoms. The molecule has 0 radical (unpaired) electrons. The molecule has 0 saturated carbocycles. The van der Waals surface area contributed by atoms with Crippen molar-refractivity contribution in [1.82, 2.24) is 5.43 Å². The van der Waals surface area contributed by atoms with Crippen LogP contribution in [0.25, 0.3) is 6.08 Å². The Morgan fingerprint density at radius 3 is 2.29 bits per heavy atom. The monoisotopic (exact) mass is 298 g/mol. The number of nitrogens with one attached hydrogen (secondary N) is 1. The summed E-state index contributed by atoms with van der Waals surface area (Å²) in [6.45, 7) is 0. The molecule has 0 aliphatic carbocycles. The third kappa shape index (κ3) is 2.66. The van der Waals surface area contributed by atoms with Crippen molar-refractivity contribution in [1.29, 1.82) is 0 Å². The van der Waals surface area contributed by atoms with Gasteiger partial charge in [0.25, 0.3) is 11.8 Å². The van der Waals surface area contributed by atoms with Gasteiger partial charge in [0.15, 0.2) is 0 Å². The Morgan fingerprint density at radius 1 is 0.952 bits per heavy atom. The first-order chi connectivity index (χ1) is 10.1. The molecule has 1 heterocycles. The van der Waals surface area contributed by atoms with Crippen LogP contribution in [-0.4, -0.2) is 11.8 Å². The van der Waals surface area contributed by atoms with Gasteiger partial charge in [-0.3, -0.25) is 15.0 Å². The van der Waals surface area contributed by atoms with E-state index in [1.165, 1.54) is 5.01 Å². The lowest BCUT2D eigenvalue weighted by molar-refractivity contribution is -0.117. The molecule has 1 aliphatic rings. The molecule has 0 unspecified atom stereocenters. The van der Waals surface area contributed by atoms with Crippen molar-refractivity contribution in [3.8, 4) is 0 Å². The smallest absolute Gasteiger partial charge is 0.267 e. The van der Waals surface area contributed by atoms with Gasteiger partial charge in [0.2, 0.25) is 0 Å². The topological polar surface area (TPSA) is 49.4 Å². The number of rotatable bonds is 2. The van der Waals surface area contributed by atoms with Crippen LogP contribution < -0.4 is 10.4 Å². The largest absolute Gasteiger partial charge is 0.282 e. The van der Waals surface area contributed by atoms with Gasteiger partial charge >= 0.3 is 0 Å². The predicted molar refractivity (Wildman–Crippen MR) is 81.5 cm³/mol. The van der Waals surface area contributed by atoms with Gasteiger partial charge in [0.05, 0.1) is 5.69 Å². The maximum Gasteiger partial charge on any atom is 0.282 e. The summed E-state index contributed by atoms with van der Waals surface area (Å²) in [5.41, 5.74) is 4.01. The molecular weight excluding hydrogens is 288 g/mol. The Bertz CT molecular complexity index is 724. The van der Waals surface area contributed by atoms with E-state index >= 15 is 0 Å². The van der Waals surface area contributed by atoms with E-state index in [4.69, 9.17) is 11.6 Å². The number of anilines is 1. The Kier molecular flexibility index (Phi) is 3.46. The molecule has 2 amide bonds. The number of hydrazine groups is 1. The molecule has 2 aromatic rings. The zero-order valence-electron chi connectivity index (χ0n) is 10.9. The van der Waals surface area contributed by atoms with Crippen LogP contribution in [0.2, 0.25) is 5.02 Å². The summed E-state index contributed by atoms with van der Waals surface area (Å²) in [7, 11) is 0. The van der Waals surface area contributed by atoms with Gasteiger partial charge in [-0.2, -0.15) is 0 Å². The van der Waals surface area contributed by atoms with Crippen LogP contribution in [0.4, 0.5) is 5.69 Å². The molecule has 4 nitrogen and oxygen atoms in total. The number of hydrogen-bond donors (Lipinski definition) is 1. The first-order valence-corrected chi connectivity index (χ1v) is 6.71. The fourth-order valence-corrected chi connectivity index (χ4v) is 2.17. The highest BCUT2D eigenvalue weighted by Gasteiger charge is 2.34. The molecule has 0 aromatic heterocycles. The summed E-state index contributed by atoms with van der Waals surface area (Å²) in [5, 5.41) is 1.78. The number of halogens is 1. The quantitative estimate of drug-likeness (QED) is 0.684. The van der Waals surface area contributed by atoms with Crippen LogP contribution in [0.5, 0.6) is 0 Å². The van der Waals surface area contributed by atoms with E-state index in [1.807, 2.05) is 30.3 Å². The average Bonchev–Trinajstić information content (AvgIpc) is 2.77. The first-order valence-electron chi connectivity index (χ1n) is 6.33. The van der Waals surface area contributed by atoms with E-state index in [2.05, 4.69) is 5.43 Å². The third-order valence-corrected chi connectivity index (χ3v) is 3.34. The van der Waals surface area contributed by atoms with Crippen LogP contribution >= 0.6 is 11.6 Å². The Morgan fingerprint density at radius 2 is 1.62 bits per heavy atom. The summed E-state index contributed by atoms with van der Waals surface area (Å²) in [5.74, 6) is -0.801. The Balaban J connectivity index is 1.92. The van der Waals surface area contributed by atoms with Crippen LogP contribution in [-0.2, 0) is 9.59 Å². The summed E-state index contributed by atoms with van der Waals surface area (Å²) in [6.07, 6.45) is 1.58.